The number of imidazole rings is 1. The van der Waals surface area contributed by atoms with Crippen molar-refractivity contribution in [3.05, 3.63) is 41.1 Å². The maximum Gasteiger partial charge on any atom is 0.104 e. The Balaban J connectivity index is 1.40. The highest BCUT2D eigenvalue weighted by Gasteiger charge is 2.43. The summed E-state index contributed by atoms with van der Waals surface area (Å²) in [6.45, 7) is 6.23. The second-order valence-corrected chi connectivity index (χ2v) is 7.50. The Bertz CT molecular complexity index is 601. The third kappa shape index (κ3) is 3.66. The third-order valence-corrected chi connectivity index (χ3v) is 5.46. The van der Waals surface area contributed by atoms with Crippen molar-refractivity contribution >= 4 is 11.3 Å². The van der Waals surface area contributed by atoms with Crippen molar-refractivity contribution in [3.63, 3.8) is 0 Å². The number of hydrogen-bond donors (Lipinski definition) is 0. The molecule has 0 aromatic carbocycles. The van der Waals surface area contributed by atoms with Crippen LogP contribution in [0, 0.1) is 5.92 Å². The molecule has 0 bridgehead atoms. The predicted molar refractivity (Wildman–Crippen MR) is 89.4 cm³/mol. The van der Waals surface area contributed by atoms with Gasteiger partial charge in [0.05, 0.1) is 26.1 Å². The van der Waals surface area contributed by atoms with Gasteiger partial charge < -0.3 is 14.0 Å². The quantitative estimate of drug-likeness (QED) is 0.860. The molecule has 2 aliphatic heterocycles. The fourth-order valence-electron chi connectivity index (χ4n) is 3.72. The summed E-state index contributed by atoms with van der Waals surface area (Å²) in [5, 5.41) is 4.38. The first kappa shape index (κ1) is 15.3. The highest BCUT2D eigenvalue weighted by atomic mass is 32.1. The molecule has 2 aromatic rings. The average molecular weight is 333 g/mol. The van der Waals surface area contributed by atoms with E-state index in [1.54, 1.807) is 11.3 Å². The van der Waals surface area contributed by atoms with Crippen LogP contribution < -0.4 is 0 Å². The summed E-state index contributed by atoms with van der Waals surface area (Å²) in [6.07, 6.45) is 6.81. The average Bonchev–Trinajstić information content (AvgIpc) is 3.25. The Morgan fingerprint density at radius 3 is 3.26 bits per heavy atom. The Labute approximate surface area is 140 Å². The van der Waals surface area contributed by atoms with Gasteiger partial charge in [-0.15, -0.1) is 0 Å². The smallest absolute Gasteiger partial charge is 0.104 e. The van der Waals surface area contributed by atoms with Crippen LogP contribution >= 0.6 is 11.3 Å². The molecular formula is C17H23N3O2S. The number of nitrogens with zero attached hydrogens (tertiary/aromatic N) is 3. The van der Waals surface area contributed by atoms with Gasteiger partial charge in [0.25, 0.3) is 0 Å². The lowest BCUT2D eigenvalue weighted by Gasteiger charge is -2.31. The summed E-state index contributed by atoms with van der Waals surface area (Å²) in [5.74, 6) is 0.536. The van der Waals surface area contributed by atoms with E-state index in [1.807, 2.05) is 18.7 Å². The lowest BCUT2D eigenvalue weighted by atomic mass is 9.94. The zero-order valence-corrected chi connectivity index (χ0v) is 14.1. The van der Waals surface area contributed by atoms with Gasteiger partial charge in [-0.3, -0.25) is 4.90 Å². The molecule has 124 valence electrons. The first-order chi connectivity index (χ1) is 11.3. The van der Waals surface area contributed by atoms with Crippen LogP contribution in [0.15, 0.2) is 35.5 Å². The molecule has 1 spiro atoms. The van der Waals surface area contributed by atoms with Crippen molar-refractivity contribution in [2.45, 2.75) is 25.1 Å². The summed E-state index contributed by atoms with van der Waals surface area (Å²) >= 11 is 1.76. The minimum Gasteiger partial charge on any atom is -0.377 e. The summed E-state index contributed by atoms with van der Waals surface area (Å²) in [6, 6.07) is 2.21. The first-order valence-electron chi connectivity index (χ1n) is 8.22. The molecule has 2 fully saturated rings. The highest BCUT2D eigenvalue weighted by molar-refractivity contribution is 7.07. The van der Waals surface area contributed by atoms with Crippen LogP contribution in [0.1, 0.15) is 12.0 Å². The fourth-order valence-corrected chi connectivity index (χ4v) is 4.38. The molecule has 6 heteroatoms. The Morgan fingerprint density at radius 2 is 2.43 bits per heavy atom. The Morgan fingerprint density at radius 1 is 1.43 bits per heavy atom. The molecule has 2 aromatic heterocycles. The van der Waals surface area contributed by atoms with Gasteiger partial charge in [-0.2, -0.15) is 11.3 Å². The SMILES string of the molecule is c1cn(C[C@H]2CO[C@@]3(COCCN(Cc4ccsc4)C3)C2)cn1. The van der Waals surface area contributed by atoms with Gasteiger partial charge in [-0.1, -0.05) is 0 Å². The minimum absolute atomic E-state index is 0.141. The van der Waals surface area contributed by atoms with Crippen LogP contribution in [-0.4, -0.2) is 53.0 Å². The Hall–Kier alpha value is -1.21. The van der Waals surface area contributed by atoms with Gasteiger partial charge in [-0.25, -0.2) is 4.98 Å². The molecule has 4 rings (SSSR count). The predicted octanol–water partition coefficient (Wildman–Crippen LogP) is 2.25. The minimum atomic E-state index is -0.141. The van der Waals surface area contributed by atoms with Crippen LogP contribution in [0.5, 0.6) is 0 Å². The van der Waals surface area contributed by atoms with E-state index in [9.17, 15) is 0 Å². The molecule has 2 atom stereocenters. The van der Waals surface area contributed by atoms with Crippen molar-refractivity contribution in [2.75, 3.05) is 32.9 Å². The van der Waals surface area contributed by atoms with Gasteiger partial charge in [0.15, 0.2) is 0 Å². The lowest BCUT2D eigenvalue weighted by molar-refractivity contribution is -0.0563. The molecule has 0 unspecified atom stereocenters. The second kappa shape index (κ2) is 6.73. The van der Waals surface area contributed by atoms with E-state index in [-0.39, 0.29) is 5.60 Å². The number of aromatic nitrogens is 2. The molecule has 0 N–H and O–H groups in total. The number of thiophene rings is 1. The first-order valence-corrected chi connectivity index (χ1v) is 9.17. The lowest BCUT2D eigenvalue weighted by Crippen LogP contribution is -2.43. The van der Waals surface area contributed by atoms with E-state index in [0.29, 0.717) is 12.5 Å². The van der Waals surface area contributed by atoms with Gasteiger partial charge in [0.1, 0.15) is 5.60 Å². The fraction of sp³-hybridized carbons (Fsp3) is 0.588. The molecule has 2 aliphatic rings. The van der Waals surface area contributed by atoms with Crippen LogP contribution in [0.3, 0.4) is 0 Å². The normalized spacial score (nSPS) is 29.1. The molecule has 0 saturated carbocycles. The van der Waals surface area contributed by atoms with Crippen LogP contribution in [-0.2, 0) is 22.6 Å². The molecule has 4 heterocycles. The van der Waals surface area contributed by atoms with Gasteiger partial charge in [-0.05, 0) is 28.8 Å². The van der Waals surface area contributed by atoms with Gasteiger partial charge >= 0.3 is 0 Å². The van der Waals surface area contributed by atoms with Crippen molar-refractivity contribution < 1.29 is 9.47 Å². The topological polar surface area (TPSA) is 39.5 Å². The van der Waals surface area contributed by atoms with Crippen LogP contribution in [0.4, 0.5) is 0 Å². The van der Waals surface area contributed by atoms with Crippen molar-refractivity contribution in [1.29, 1.82) is 0 Å². The zero-order chi connectivity index (χ0) is 15.5. The second-order valence-electron chi connectivity index (χ2n) is 6.72. The van der Waals surface area contributed by atoms with Gasteiger partial charge in [0, 0.05) is 44.5 Å². The van der Waals surface area contributed by atoms with Crippen LogP contribution in [0.2, 0.25) is 0 Å². The molecular weight excluding hydrogens is 310 g/mol. The van der Waals surface area contributed by atoms with Crippen molar-refractivity contribution in [3.8, 4) is 0 Å². The van der Waals surface area contributed by atoms with Crippen LogP contribution in [0.25, 0.3) is 0 Å². The van der Waals surface area contributed by atoms with E-state index in [4.69, 9.17) is 9.47 Å². The molecule has 2 saturated heterocycles. The van der Waals surface area contributed by atoms with E-state index in [0.717, 1.165) is 45.8 Å². The summed E-state index contributed by atoms with van der Waals surface area (Å²) < 4.78 is 14.3. The highest BCUT2D eigenvalue weighted by Crippen LogP contribution is 2.34. The third-order valence-electron chi connectivity index (χ3n) is 4.73. The molecule has 0 aliphatic carbocycles. The maximum absolute atomic E-state index is 6.27. The summed E-state index contributed by atoms with van der Waals surface area (Å²) in [5.41, 5.74) is 1.25. The summed E-state index contributed by atoms with van der Waals surface area (Å²) in [4.78, 5) is 6.61. The summed E-state index contributed by atoms with van der Waals surface area (Å²) in [7, 11) is 0. The largest absolute Gasteiger partial charge is 0.377 e. The van der Waals surface area contributed by atoms with E-state index in [1.165, 1.54) is 5.56 Å². The van der Waals surface area contributed by atoms with Crippen molar-refractivity contribution in [2.24, 2.45) is 5.92 Å². The molecule has 23 heavy (non-hydrogen) atoms. The standard InChI is InChI=1S/C17H23N3O2S/c1-6-23-11-15(1)8-19-4-5-21-13-17(12-19)7-16(10-22-17)9-20-3-2-18-14-20/h1-3,6,11,14,16H,4-5,7-10,12-13H2/t16-,17-/m0/s1. The number of hydrogen-bond acceptors (Lipinski definition) is 5. The molecule has 5 nitrogen and oxygen atoms in total. The van der Waals surface area contributed by atoms with Gasteiger partial charge in [0.2, 0.25) is 0 Å². The van der Waals surface area contributed by atoms with E-state index >= 15 is 0 Å². The Kier molecular flexibility index (Phi) is 4.48. The van der Waals surface area contributed by atoms with E-state index in [2.05, 4.69) is 31.3 Å². The van der Waals surface area contributed by atoms with E-state index < -0.39 is 0 Å². The van der Waals surface area contributed by atoms with Crippen molar-refractivity contribution in [1.82, 2.24) is 14.5 Å². The number of rotatable bonds is 4. The number of ether oxygens (including phenoxy) is 2. The molecule has 0 amide bonds. The molecule has 0 radical (unpaired) electrons. The monoisotopic (exact) mass is 333 g/mol. The zero-order valence-electron chi connectivity index (χ0n) is 13.3. The maximum atomic E-state index is 6.27.